The highest BCUT2D eigenvalue weighted by Gasteiger charge is 2.40. The van der Waals surface area contributed by atoms with Gasteiger partial charge in [0.15, 0.2) is 9.84 Å². The summed E-state index contributed by atoms with van der Waals surface area (Å²) in [6, 6.07) is 0. The highest BCUT2D eigenvalue weighted by Crippen LogP contribution is 2.22. The zero-order valence-electron chi connectivity index (χ0n) is 10.3. The normalized spacial score (nSPS) is 27.8. The summed E-state index contributed by atoms with van der Waals surface area (Å²) in [6.45, 7) is 5.06. The number of hydrogen-bond acceptors (Lipinski definition) is 5. The molecular formula is C10H19NO5S. The van der Waals surface area contributed by atoms with Gasteiger partial charge in [-0.2, -0.15) is 0 Å². The zero-order valence-corrected chi connectivity index (χ0v) is 11.1. The van der Waals surface area contributed by atoms with Gasteiger partial charge in [-0.3, -0.25) is 0 Å². The maximum atomic E-state index is 11.3. The molecule has 6 nitrogen and oxygen atoms in total. The summed E-state index contributed by atoms with van der Waals surface area (Å²) in [6.07, 6.45) is -0.513. The topological polar surface area (TPSA) is 92.7 Å². The van der Waals surface area contributed by atoms with Gasteiger partial charge in [0.2, 0.25) is 0 Å². The third-order valence-electron chi connectivity index (χ3n) is 2.33. The van der Waals surface area contributed by atoms with E-state index in [1.165, 1.54) is 0 Å². The zero-order chi connectivity index (χ0) is 13.3. The number of ether oxygens (including phenoxy) is 1. The van der Waals surface area contributed by atoms with Gasteiger partial charge in [0.25, 0.3) is 0 Å². The number of carbonyl (C=O) groups excluding carboxylic acids is 1. The number of amides is 1. The molecule has 1 aliphatic rings. The van der Waals surface area contributed by atoms with Gasteiger partial charge in [-0.15, -0.1) is 0 Å². The Balaban J connectivity index is 2.44. The Kier molecular flexibility index (Phi) is 3.73. The SMILES string of the molecule is CC(C)(C)OC(=O)NC[C@@]1(O)CCS(=O)(=O)C1. The number of nitrogens with one attached hydrogen (secondary N) is 1. The molecule has 0 aromatic heterocycles. The minimum absolute atomic E-state index is 0.0422. The van der Waals surface area contributed by atoms with Crippen molar-refractivity contribution < 1.29 is 23.1 Å². The smallest absolute Gasteiger partial charge is 0.407 e. The first-order valence-electron chi connectivity index (χ1n) is 5.41. The first-order chi connectivity index (χ1) is 7.52. The third kappa shape index (κ3) is 4.91. The summed E-state index contributed by atoms with van der Waals surface area (Å²) >= 11 is 0. The van der Waals surface area contributed by atoms with E-state index in [1.807, 2.05) is 0 Å². The van der Waals surface area contributed by atoms with Crippen molar-refractivity contribution in [1.82, 2.24) is 5.32 Å². The van der Waals surface area contributed by atoms with E-state index in [0.717, 1.165) is 0 Å². The van der Waals surface area contributed by atoms with Gasteiger partial charge < -0.3 is 15.2 Å². The summed E-state index contributed by atoms with van der Waals surface area (Å²) in [7, 11) is -3.18. The highest BCUT2D eigenvalue weighted by atomic mass is 32.2. The van der Waals surface area contributed by atoms with Crippen molar-refractivity contribution in [1.29, 1.82) is 0 Å². The van der Waals surface area contributed by atoms with E-state index < -0.39 is 27.1 Å². The van der Waals surface area contributed by atoms with Crippen molar-refractivity contribution in [2.24, 2.45) is 0 Å². The molecule has 0 saturated carbocycles. The van der Waals surface area contributed by atoms with Crippen molar-refractivity contribution in [3.63, 3.8) is 0 Å². The molecule has 1 rings (SSSR count). The van der Waals surface area contributed by atoms with Crippen molar-refractivity contribution in [3.05, 3.63) is 0 Å². The van der Waals surface area contributed by atoms with Crippen LogP contribution in [0.2, 0.25) is 0 Å². The predicted molar refractivity (Wildman–Crippen MR) is 62.5 cm³/mol. The van der Waals surface area contributed by atoms with Crippen LogP contribution in [-0.2, 0) is 14.6 Å². The van der Waals surface area contributed by atoms with Gasteiger partial charge in [-0.1, -0.05) is 0 Å². The molecule has 0 aromatic carbocycles. The lowest BCUT2D eigenvalue weighted by Gasteiger charge is -2.24. The first kappa shape index (κ1) is 14.2. The van der Waals surface area contributed by atoms with Crippen molar-refractivity contribution in [2.75, 3.05) is 18.1 Å². The van der Waals surface area contributed by atoms with Gasteiger partial charge in [0.05, 0.1) is 23.7 Å². The fourth-order valence-corrected chi connectivity index (χ4v) is 3.49. The number of rotatable bonds is 2. The molecule has 1 heterocycles. The number of hydrogen-bond donors (Lipinski definition) is 2. The minimum atomic E-state index is -3.18. The first-order valence-corrected chi connectivity index (χ1v) is 7.23. The molecule has 1 aliphatic heterocycles. The van der Waals surface area contributed by atoms with E-state index in [9.17, 15) is 18.3 Å². The summed E-state index contributed by atoms with van der Waals surface area (Å²) in [4.78, 5) is 11.3. The second-order valence-electron chi connectivity index (χ2n) is 5.42. The Morgan fingerprint density at radius 3 is 2.47 bits per heavy atom. The number of carbonyl (C=O) groups is 1. The minimum Gasteiger partial charge on any atom is -0.444 e. The summed E-state index contributed by atoms with van der Waals surface area (Å²) in [5.41, 5.74) is -1.98. The molecule has 1 fully saturated rings. The molecule has 0 aliphatic carbocycles. The monoisotopic (exact) mass is 265 g/mol. The van der Waals surface area contributed by atoms with Crippen LogP contribution in [0.1, 0.15) is 27.2 Å². The maximum absolute atomic E-state index is 11.3. The van der Waals surface area contributed by atoms with E-state index in [0.29, 0.717) is 0 Å². The molecule has 0 aromatic rings. The van der Waals surface area contributed by atoms with Gasteiger partial charge >= 0.3 is 6.09 Å². The lowest BCUT2D eigenvalue weighted by Crippen LogP contribution is -2.45. The summed E-state index contributed by atoms with van der Waals surface area (Å²) in [5, 5.41) is 12.3. The molecule has 1 amide bonds. The highest BCUT2D eigenvalue weighted by molar-refractivity contribution is 7.91. The van der Waals surface area contributed by atoms with E-state index in [1.54, 1.807) is 20.8 Å². The fourth-order valence-electron chi connectivity index (χ4n) is 1.59. The lowest BCUT2D eigenvalue weighted by atomic mass is 10.0. The van der Waals surface area contributed by atoms with Crippen LogP contribution in [0, 0.1) is 0 Å². The Labute approximate surface area is 101 Å². The van der Waals surface area contributed by atoms with Crippen molar-refractivity contribution in [2.45, 2.75) is 38.4 Å². The molecule has 100 valence electrons. The van der Waals surface area contributed by atoms with Gasteiger partial charge in [-0.25, -0.2) is 13.2 Å². The molecular weight excluding hydrogens is 246 g/mol. The second-order valence-corrected chi connectivity index (χ2v) is 7.61. The van der Waals surface area contributed by atoms with Crippen LogP contribution in [0.15, 0.2) is 0 Å². The van der Waals surface area contributed by atoms with Gasteiger partial charge in [0, 0.05) is 0 Å². The van der Waals surface area contributed by atoms with Gasteiger partial charge in [-0.05, 0) is 27.2 Å². The predicted octanol–water partition coefficient (Wildman–Crippen LogP) is 0.0607. The Morgan fingerprint density at radius 2 is 2.06 bits per heavy atom. The second kappa shape index (κ2) is 4.45. The molecule has 1 atom stereocenters. The van der Waals surface area contributed by atoms with Crippen LogP contribution in [0.5, 0.6) is 0 Å². The van der Waals surface area contributed by atoms with E-state index in [2.05, 4.69) is 5.32 Å². The van der Waals surface area contributed by atoms with Gasteiger partial charge in [0.1, 0.15) is 5.60 Å². The summed E-state index contributed by atoms with van der Waals surface area (Å²) in [5.74, 6) is -0.352. The van der Waals surface area contributed by atoms with Crippen LogP contribution in [0.4, 0.5) is 4.79 Å². The molecule has 0 bridgehead atoms. The largest absolute Gasteiger partial charge is 0.444 e. The standard InChI is InChI=1S/C10H19NO5S/c1-9(2,3)16-8(12)11-6-10(13)4-5-17(14,15)7-10/h13H,4-7H2,1-3H3,(H,11,12)/t10-/m0/s1. The Hall–Kier alpha value is -0.820. The average molecular weight is 265 g/mol. The maximum Gasteiger partial charge on any atom is 0.407 e. The molecule has 2 N–H and O–H groups in total. The average Bonchev–Trinajstić information content (AvgIpc) is 2.36. The van der Waals surface area contributed by atoms with Crippen LogP contribution in [-0.4, -0.2) is 48.9 Å². The third-order valence-corrected chi connectivity index (χ3v) is 4.13. The number of alkyl carbamates (subject to hydrolysis) is 1. The van der Waals surface area contributed by atoms with E-state index >= 15 is 0 Å². The summed E-state index contributed by atoms with van der Waals surface area (Å²) < 4.78 is 27.4. The van der Waals surface area contributed by atoms with Crippen LogP contribution in [0.25, 0.3) is 0 Å². The quantitative estimate of drug-likeness (QED) is 0.736. The van der Waals surface area contributed by atoms with Crippen LogP contribution < -0.4 is 5.32 Å². The Morgan fingerprint density at radius 1 is 1.47 bits per heavy atom. The van der Waals surface area contributed by atoms with Crippen LogP contribution in [0.3, 0.4) is 0 Å². The molecule has 17 heavy (non-hydrogen) atoms. The van der Waals surface area contributed by atoms with E-state index in [-0.39, 0.29) is 24.5 Å². The molecule has 0 spiro atoms. The molecule has 0 unspecified atom stereocenters. The number of sulfone groups is 1. The molecule has 7 heteroatoms. The molecule has 1 saturated heterocycles. The lowest BCUT2D eigenvalue weighted by molar-refractivity contribution is 0.0359. The number of aliphatic hydroxyl groups is 1. The fraction of sp³-hybridized carbons (Fsp3) is 0.900. The molecule has 0 radical (unpaired) electrons. The van der Waals surface area contributed by atoms with Crippen LogP contribution >= 0.6 is 0 Å². The van der Waals surface area contributed by atoms with Crippen molar-refractivity contribution in [3.8, 4) is 0 Å². The van der Waals surface area contributed by atoms with Crippen molar-refractivity contribution >= 4 is 15.9 Å². The Bertz CT molecular complexity index is 397. The van der Waals surface area contributed by atoms with E-state index in [4.69, 9.17) is 4.74 Å².